The van der Waals surface area contributed by atoms with Crippen molar-refractivity contribution in [2.75, 3.05) is 32.7 Å². The Morgan fingerprint density at radius 3 is 2.70 bits per heavy atom. The minimum Gasteiger partial charge on any atom is -0.495 e. The van der Waals surface area contributed by atoms with Crippen LogP contribution in [0.25, 0.3) is 0 Å². The number of rotatable bonds is 4. The van der Waals surface area contributed by atoms with Crippen LogP contribution in [0.5, 0.6) is 5.75 Å². The molecule has 2 rings (SSSR count). The highest BCUT2D eigenvalue weighted by Gasteiger charge is 2.37. The van der Waals surface area contributed by atoms with Crippen LogP contribution in [-0.2, 0) is 14.4 Å². The Hall–Kier alpha value is -2.08. The third-order valence-electron chi connectivity index (χ3n) is 3.43. The average Bonchev–Trinajstić information content (AvgIpc) is 2.87. The third kappa shape index (κ3) is 2.60. The molecule has 6 heteroatoms. The SMILES string of the molecule is COc1ccccc1N1CC(C(=O)N(C)OC)CC1=O. The lowest BCUT2D eigenvalue weighted by molar-refractivity contribution is -0.172. The first-order chi connectivity index (χ1) is 9.58. The van der Waals surface area contributed by atoms with E-state index in [4.69, 9.17) is 9.57 Å². The van der Waals surface area contributed by atoms with Crippen molar-refractivity contribution in [1.29, 1.82) is 0 Å². The molecular weight excluding hydrogens is 260 g/mol. The van der Waals surface area contributed by atoms with Crippen LogP contribution in [0.3, 0.4) is 0 Å². The summed E-state index contributed by atoms with van der Waals surface area (Å²) in [4.78, 5) is 30.6. The van der Waals surface area contributed by atoms with Crippen LogP contribution in [0, 0.1) is 5.92 Å². The Morgan fingerprint density at radius 1 is 1.35 bits per heavy atom. The van der Waals surface area contributed by atoms with Gasteiger partial charge >= 0.3 is 0 Å². The summed E-state index contributed by atoms with van der Waals surface area (Å²) in [5.74, 6) is -0.0537. The van der Waals surface area contributed by atoms with Gasteiger partial charge in [0, 0.05) is 20.0 Å². The van der Waals surface area contributed by atoms with Gasteiger partial charge in [-0.3, -0.25) is 14.4 Å². The molecule has 0 N–H and O–H groups in total. The Balaban J connectivity index is 2.19. The van der Waals surface area contributed by atoms with Crippen LogP contribution in [-0.4, -0.2) is 44.7 Å². The lowest BCUT2D eigenvalue weighted by atomic mass is 10.1. The molecule has 1 fully saturated rings. The monoisotopic (exact) mass is 278 g/mol. The van der Waals surface area contributed by atoms with E-state index in [1.165, 1.54) is 7.11 Å². The van der Waals surface area contributed by atoms with Crippen LogP contribution < -0.4 is 9.64 Å². The van der Waals surface area contributed by atoms with Crippen molar-refractivity contribution in [2.24, 2.45) is 5.92 Å². The number of methoxy groups -OCH3 is 1. The van der Waals surface area contributed by atoms with Gasteiger partial charge in [-0.15, -0.1) is 0 Å². The summed E-state index contributed by atoms with van der Waals surface area (Å²) in [6.07, 6.45) is 0.185. The molecule has 0 aromatic heterocycles. The van der Waals surface area contributed by atoms with Crippen LogP contribution in [0.2, 0.25) is 0 Å². The molecule has 1 aromatic carbocycles. The van der Waals surface area contributed by atoms with Crippen LogP contribution in [0.1, 0.15) is 6.42 Å². The molecule has 1 aliphatic heterocycles. The number of nitrogens with zero attached hydrogens (tertiary/aromatic N) is 2. The average molecular weight is 278 g/mol. The van der Waals surface area contributed by atoms with E-state index in [1.54, 1.807) is 25.1 Å². The first kappa shape index (κ1) is 14.3. The van der Waals surface area contributed by atoms with E-state index >= 15 is 0 Å². The fourth-order valence-corrected chi connectivity index (χ4v) is 2.31. The van der Waals surface area contributed by atoms with Gasteiger partial charge in [-0.2, -0.15) is 0 Å². The first-order valence-corrected chi connectivity index (χ1v) is 6.33. The number of carbonyl (C=O) groups is 2. The van der Waals surface area contributed by atoms with Crippen LogP contribution in [0.4, 0.5) is 5.69 Å². The minimum atomic E-state index is -0.391. The molecule has 0 aliphatic carbocycles. The second-order valence-electron chi connectivity index (χ2n) is 4.60. The lowest BCUT2D eigenvalue weighted by Crippen LogP contribution is -2.34. The molecule has 0 bridgehead atoms. The van der Waals surface area contributed by atoms with Crippen molar-refractivity contribution in [3.63, 3.8) is 0 Å². The summed E-state index contributed by atoms with van der Waals surface area (Å²) < 4.78 is 5.26. The molecule has 0 radical (unpaired) electrons. The van der Waals surface area contributed by atoms with Crippen molar-refractivity contribution in [1.82, 2.24) is 5.06 Å². The summed E-state index contributed by atoms with van der Waals surface area (Å²) in [6.45, 7) is 0.339. The molecule has 1 saturated heterocycles. The Labute approximate surface area is 117 Å². The molecule has 20 heavy (non-hydrogen) atoms. The Kier molecular flexibility index (Phi) is 4.24. The largest absolute Gasteiger partial charge is 0.495 e. The number of hydroxylamine groups is 2. The van der Waals surface area contributed by atoms with Gasteiger partial charge in [-0.05, 0) is 12.1 Å². The van der Waals surface area contributed by atoms with E-state index in [1.807, 2.05) is 18.2 Å². The van der Waals surface area contributed by atoms with Crippen LogP contribution in [0.15, 0.2) is 24.3 Å². The normalized spacial score (nSPS) is 18.2. The van der Waals surface area contributed by atoms with Gasteiger partial charge in [-0.25, -0.2) is 5.06 Å². The summed E-state index contributed by atoms with van der Waals surface area (Å²) in [6, 6.07) is 7.27. The number of amides is 2. The smallest absolute Gasteiger partial charge is 0.251 e. The van der Waals surface area contributed by atoms with Gasteiger partial charge in [0.1, 0.15) is 5.75 Å². The number of carbonyl (C=O) groups excluding carboxylic acids is 2. The van der Waals surface area contributed by atoms with Gasteiger partial charge in [0.2, 0.25) is 5.91 Å². The van der Waals surface area contributed by atoms with Crippen LogP contribution >= 0.6 is 0 Å². The highest BCUT2D eigenvalue weighted by atomic mass is 16.7. The maximum Gasteiger partial charge on any atom is 0.251 e. The van der Waals surface area contributed by atoms with Crippen molar-refractivity contribution < 1.29 is 19.2 Å². The van der Waals surface area contributed by atoms with Gasteiger partial charge in [0.25, 0.3) is 5.91 Å². The number of para-hydroxylation sites is 2. The molecule has 1 heterocycles. The molecular formula is C14H18N2O4. The van der Waals surface area contributed by atoms with Gasteiger partial charge in [0.05, 0.1) is 25.8 Å². The zero-order chi connectivity index (χ0) is 14.7. The number of ether oxygens (including phenoxy) is 1. The van der Waals surface area contributed by atoms with Crippen molar-refractivity contribution >= 4 is 17.5 Å². The second-order valence-corrected chi connectivity index (χ2v) is 4.60. The van der Waals surface area contributed by atoms with Crippen molar-refractivity contribution in [3.8, 4) is 5.75 Å². The first-order valence-electron chi connectivity index (χ1n) is 6.33. The summed E-state index contributed by atoms with van der Waals surface area (Å²) in [5, 5.41) is 1.16. The van der Waals surface area contributed by atoms with E-state index in [9.17, 15) is 9.59 Å². The quantitative estimate of drug-likeness (QED) is 0.773. The lowest BCUT2D eigenvalue weighted by Gasteiger charge is -2.20. The molecule has 0 spiro atoms. The molecule has 0 saturated carbocycles. The zero-order valence-corrected chi connectivity index (χ0v) is 11.8. The van der Waals surface area contributed by atoms with Crippen molar-refractivity contribution in [3.05, 3.63) is 24.3 Å². The molecule has 1 atom stereocenters. The zero-order valence-electron chi connectivity index (χ0n) is 11.8. The third-order valence-corrected chi connectivity index (χ3v) is 3.43. The predicted octanol–water partition coefficient (Wildman–Crippen LogP) is 1.07. The van der Waals surface area contributed by atoms with E-state index in [0.29, 0.717) is 18.0 Å². The van der Waals surface area contributed by atoms with E-state index < -0.39 is 5.92 Å². The van der Waals surface area contributed by atoms with E-state index in [0.717, 1.165) is 5.06 Å². The number of hydrogen-bond donors (Lipinski definition) is 0. The summed E-state index contributed by atoms with van der Waals surface area (Å²) >= 11 is 0. The molecule has 1 unspecified atom stereocenters. The second kappa shape index (κ2) is 5.92. The van der Waals surface area contributed by atoms with Gasteiger partial charge in [0.15, 0.2) is 0 Å². The predicted molar refractivity (Wildman–Crippen MR) is 73.2 cm³/mol. The maximum absolute atomic E-state index is 12.1. The summed E-state index contributed by atoms with van der Waals surface area (Å²) in [7, 11) is 4.52. The maximum atomic E-state index is 12.1. The Morgan fingerprint density at radius 2 is 2.05 bits per heavy atom. The molecule has 1 aliphatic rings. The molecule has 2 amide bonds. The van der Waals surface area contributed by atoms with E-state index in [-0.39, 0.29) is 18.2 Å². The number of benzene rings is 1. The number of hydrogen-bond acceptors (Lipinski definition) is 4. The molecule has 1 aromatic rings. The van der Waals surface area contributed by atoms with Gasteiger partial charge < -0.3 is 9.64 Å². The minimum absolute atomic E-state index is 0.0858. The molecule has 108 valence electrons. The fraction of sp³-hybridized carbons (Fsp3) is 0.429. The highest BCUT2D eigenvalue weighted by Crippen LogP contribution is 2.33. The topological polar surface area (TPSA) is 59.1 Å². The number of anilines is 1. The standard InChI is InChI=1S/C14H18N2O4/c1-15(20-3)14(18)10-8-13(17)16(9-10)11-6-4-5-7-12(11)19-2/h4-7,10H,8-9H2,1-3H3. The summed E-state index contributed by atoms with van der Waals surface area (Å²) in [5.41, 5.74) is 0.690. The van der Waals surface area contributed by atoms with E-state index in [2.05, 4.69) is 0 Å². The fourth-order valence-electron chi connectivity index (χ4n) is 2.31. The Bertz CT molecular complexity index is 518. The van der Waals surface area contributed by atoms with Crippen molar-refractivity contribution in [2.45, 2.75) is 6.42 Å². The van der Waals surface area contributed by atoms with Gasteiger partial charge in [-0.1, -0.05) is 12.1 Å². The molecule has 6 nitrogen and oxygen atoms in total. The highest BCUT2D eigenvalue weighted by molar-refractivity contribution is 6.01.